The molecule has 1 aromatic rings. The van der Waals surface area contributed by atoms with E-state index in [1.54, 1.807) is 0 Å². The first kappa shape index (κ1) is 18.5. The highest BCUT2D eigenvalue weighted by Gasteiger charge is 2.50. The quantitative estimate of drug-likeness (QED) is 0.767. The van der Waals surface area contributed by atoms with Gasteiger partial charge in [0.15, 0.2) is 0 Å². The zero-order valence-electron chi connectivity index (χ0n) is 16.4. The van der Waals surface area contributed by atoms with Gasteiger partial charge in [-0.3, -0.25) is 4.79 Å². The minimum atomic E-state index is -0.0326. The molecule has 2 atom stereocenters. The third-order valence-corrected chi connectivity index (χ3v) is 6.40. The van der Waals surface area contributed by atoms with Crippen LogP contribution < -0.4 is 4.90 Å². The molecule has 0 bridgehead atoms. The first-order chi connectivity index (χ1) is 13.1. The number of rotatable bonds is 3. The summed E-state index contributed by atoms with van der Waals surface area (Å²) >= 11 is 0. The van der Waals surface area contributed by atoms with Crippen LogP contribution in [0.15, 0.2) is 35.9 Å². The largest absolute Gasteiger partial charge is 0.380 e. The van der Waals surface area contributed by atoms with Gasteiger partial charge < -0.3 is 19.3 Å². The Kier molecular flexibility index (Phi) is 5.24. The van der Waals surface area contributed by atoms with Crippen molar-refractivity contribution in [2.24, 2.45) is 5.41 Å². The van der Waals surface area contributed by atoms with Gasteiger partial charge in [-0.15, -0.1) is 0 Å². The van der Waals surface area contributed by atoms with E-state index in [2.05, 4.69) is 11.0 Å². The molecular formula is C22H30N2O3. The van der Waals surface area contributed by atoms with Crippen LogP contribution in [0.1, 0.15) is 36.0 Å². The maximum Gasteiger partial charge on any atom is 0.254 e. The number of anilines is 1. The standard InChI is InChI=1S/C22H30N2O3/c1-23(2)19-6-3-5-17(15-19)21(25)24-11-4-10-22(16-27-14-9-20(22)24)18-7-12-26-13-8-18/h3,5-7,15,20H,4,8-14,16H2,1-2H3/t20-,22-/m0/s1. The topological polar surface area (TPSA) is 42.0 Å². The van der Waals surface area contributed by atoms with E-state index in [9.17, 15) is 4.79 Å². The molecule has 2 fully saturated rings. The first-order valence-electron chi connectivity index (χ1n) is 10.1. The number of likely N-dealkylation sites (tertiary alicyclic amines) is 1. The summed E-state index contributed by atoms with van der Waals surface area (Å²) in [6.07, 6.45) is 6.24. The second-order valence-electron chi connectivity index (χ2n) is 8.11. The molecule has 0 spiro atoms. The number of fused-ring (bicyclic) bond motifs is 1. The Morgan fingerprint density at radius 3 is 2.93 bits per heavy atom. The van der Waals surface area contributed by atoms with Gasteiger partial charge in [-0.05, 0) is 43.9 Å². The molecular weight excluding hydrogens is 340 g/mol. The molecule has 2 saturated heterocycles. The molecule has 4 rings (SSSR count). The number of hydrogen-bond acceptors (Lipinski definition) is 4. The van der Waals surface area contributed by atoms with Crippen LogP contribution in [0.2, 0.25) is 0 Å². The SMILES string of the molecule is CN(C)c1cccc(C(=O)N2CCC[C@@]3(C4=CCOCC4)COCC[C@H]23)c1. The number of benzene rings is 1. The monoisotopic (exact) mass is 370 g/mol. The molecule has 0 aromatic heterocycles. The number of carbonyl (C=O) groups is 1. The second kappa shape index (κ2) is 7.64. The fourth-order valence-corrected chi connectivity index (χ4v) is 5.01. The average Bonchev–Trinajstić information content (AvgIpc) is 2.73. The average molecular weight is 370 g/mol. The summed E-state index contributed by atoms with van der Waals surface area (Å²) in [6.45, 7) is 3.76. The van der Waals surface area contributed by atoms with Crippen molar-refractivity contribution in [1.29, 1.82) is 0 Å². The maximum atomic E-state index is 13.5. The van der Waals surface area contributed by atoms with Gasteiger partial charge in [0.1, 0.15) is 0 Å². The molecule has 5 heteroatoms. The molecule has 3 heterocycles. The summed E-state index contributed by atoms with van der Waals surface area (Å²) in [7, 11) is 4.01. The minimum Gasteiger partial charge on any atom is -0.380 e. The van der Waals surface area contributed by atoms with Gasteiger partial charge in [-0.25, -0.2) is 0 Å². The maximum absolute atomic E-state index is 13.5. The van der Waals surface area contributed by atoms with Gasteiger partial charge in [0.05, 0.1) is 19.8 Å². The van der Waals surface area contributed by atoms with E-state index in [0.29, 0.717) is 6.61 Å². The van der Waals surface area contributed by atoms with Crippen LogP contribution in [0, 0.1) is 5.41 Å². The molecule has 3 aliphatic rings. The zero-order valence-corrected chi connectivity index (χ0v) is 16.4. The van der Waals surface area contributed by atoms with E-state index in [1.165, 1.54) is 5.57 Å². The van der Waals surface area contributed by atoms with Crippen molar-refractivity contribution in [3.63, 3.8) is 0 Å². The summed E-state index contributed by atoms with van der Waals surface area (Å²) < 4.78 is 11.5. The second-order valence-corrected chi connectivity index (χ2v) is 8.11. The van der Waals surface area contributed by atoms with Gasteiger partial charge in [0, 0.05) is 50.0 Å². The highest BCUT2D eigenvalue weighted by molar-refractivity contribution is 5.95. The summed E-state index contributed by atoms with van der Waals surface area (Å²) in [4.78, 5) is 17.7. The summed E-state index contributed by atoms with van der Waals surface area (Å²) in [6, 6.07) is 8.19. The predicted molar refractivity (Wildman–Crippen MR) is 106 cm³/mol. The molecule has 146 valence electrons. The van der Waals surface area contributed by atoms with Crippen LogP contribution in [0.5, 0.6) is 0 Å². The van der Waals surface area contributed by atoms with Crippen LogP contribution in [0.3, 0.4) is 0 Å². The zero-order chi connectivity index (χ0) is 18.9. The van der Waals surface area contributed by atoms with E-state index in [0.717, 1.165) is 63.3 Å². The number of carbonyl (C=O) groups excluding carboxylic acids is 1. The molecule has 3 aliphatic heterocycles. The first-order valence-corrected chi connectivity index (χ1v) is 10.1. The van der Waals surface area contributed by atoms with Crippen LogP contribution in [-0.4, -0.2) is 63.9 Å². The molecule has 0 N–H and O–H groups in total. The Hall–Kier alpha value is -1.85. The Morgan fingerprint density at radius 1 is 1.26 bits per heavy atom. The van der Waals surface area contributed by atoms with Crippen molar-refractivity contribution in [1.82, 2.24) is 4.90 Å². The lowest BCUT2D eigenvalue weighted by Crippen LogP contribution is -2.59. The molecule has 5 nitrogen and oxygen atoms in total. The Bertz CT molecular complexity index is 726. The molecule has 0 unspecified atom stereocenters. The molecule has 1 amide bonds. The minimum absolute atomic E-state index is 0.0326. The lowest BCUT2D eigenvalue weighted by Gasteiger charge is -2.54. The summed E-state index contributed by atoms with van der Waals surface area (Å²) in [5.74, 6) is 0.155. The van der Waals surface area contributed by atoms with Gasteiger partial charge >= 0.3 is 0 Å². The number of amides is 1. The third-order valence-electron chi connectivity index (χ3n) is 6.40. The summed E-state index contributed by atoms with van der Waals surface area (Å²) in [5.41, 5.74) is 3.25. The van der Waals surface area contributed by atoms with Gasteiger partial charge in [-0.2, -0.15) is 0 Å². The van der Waals surface area contributed by atoms with E-state index >= 15 is 0 Å². The Balaban J connectivity index is 1.65. The molecule has 27 heavy (non-hydrogen) atoms. The van der Waals surface area contributed by atoms with Crippen molar-refractivity contribution < 1.29 is 14.3 Å². The van der Waals surface area contributed by atoms with Gasteiger partial charge in [-0.1, -0.05) is 17.7 Å². The fraction of sp³-hybridized carbons (Fsp3) is 0.591. The van der Waals surface area contributed by atoms with E-state index in [1.807, 2.05) is 43.3 Å². The lowest BCUT2D eigenvalue weighted by atomic mass is 9.65. The normalized spacial score (nSPS) is 28.3. The van der Waals surface area contributed by atoms with E-state index in [-0.39, 0.29) is 17.4 Å². The molecule has 1 aromatic carbocycles. The molecule has 0 radical (unpaired) electrons. The number of ether oxygens (including phenoxy) is 2. The smallest absolute Gasteiger partial charge is 0.254 e. The third kappa shape index (κ3) is 3.39. The highest BCUT2D eigenvalue weighted by Crippen LogP contribution is 2.48. The van der Waals surface area contributed by atoms with Crippen LogP contribution in [-0.2, 0) is 9.47 Å². The highest BCUT2D eigenvalue weighted by atomic mass is 16.5. The predicted octanol–water partition coefficient (Wildman–Crippen LogP) is 3.11. The van der Waals surface area contributed by atoms with Gasteiger partial charge in [0.25, 0.3) is 5.91 Å². The van der Waals surface area contributed by atoms with E-state index in [4.69, 9.17) is 9.47 Å². The molecule has 0 saturated carbocycles. The van der Waals surface area contributed by atoms with Crippen LogP contribution in [0.4, 0.5) is 5.69 Å². The van der Waals surface area contributed by atoms with Crippen molar-refractivity contribution >= 4 is 11.6 Å². The number of hydrogen-bond donors (Lipinski definition) is 0. The van der Waals surface area contributed by atoms with Crippen molar-refractivity contribution in [3.8, 4) is 0 Å². The number of piperidine rings is 1. The van der Waals surface area contributed by atoms with E-state index < -0.39 is 0 Å². The van der Waals surface area contributed by atoms with Crippen molar-refractivity contribution in [2.75, 3.05) is 52.0 Å². The molecule has 0 aliphatic carbocycles. The van der Waals surface area contributed by atoms with Gasteiger partial charge in [0.2, 0.25) is 0 Å². The van der Waals surface area contributed by atoms with Crippen LogP contribution >= 0.6 is 0 Å². The van der Waals surface area contributed by atoms with Crippen LogP contribution in [0.25, 0.3) is 0 Å². The fourth-order valence-electron chi connectivity index (χ4n) is 5.01. The Labute approximate surface area is 161 Å². The van der Waals surface area contributed by atoms with Crippen molar-refractivity contribution in [2.45, 2.75) is 31.7 Å². The lowest BCUT2D eigenvalue weighted by molar-refractivity contribution is -0.0739. The summed E-state index contributed by atoms with van der Waals surface area (Å²) in [5, 5.41) is 0. The van der Waals surface area contributed by atoms with Crippen molar-refractivity contribution in [3.05, 3.63) is 41.5 Å². The number of nitrogens with zero attached hydrogens (tertiary/aromatic N) is 2. The Morgan fingerprint density at radius 2 is 2.15 bits per heavy atom.